The summed E-state index contributed by atoms with van der Waals surface area (Å²) in [6, 6.07) is 20.8. The summed E-state index contributed by atoms with van der Waals surface area (Å²) in [5, 5.41) is 12.1. The van der Waals surface area contributed by atoms with Gasteiger partial charge >= 0.3 is 6.09 Å². The van der Waals surface area contributed by atoms with Gasteiger partial charge in [-0.25, -0.2) is 13.2 Å². The van der Waals surface area contributed by atoms with E-state index in [2.05, 4.69) is 0 Å². The third-order valence-electron chi connectivity index (χ3n) is 6.25. The second-order valence-electron chi connectivity index (χ2n) is 10.4. The lowest BCUT2D eigenvalue weighted by atomic mass is 10.1. The fourth-order valence-electron chi connectivity index (χ4n) is 4.27. The number of sulfonamides is 1. The highest BCUT2D eigenvalue weighted by Gasteiger charge is 2.30. The van der Waals surface area contributed by atoms with E-state index in [1.54, 1.807) is 101 Å². The number of methoxy groups -OCH3 is 1. The number of aryl methyl sites for hydroxylation is 1. The van der Waals surface area contributed by atoms with Crippen molar-refractivity contribution < 1.29 is 27.8 Å². The number of rotatable bonds is 8. The van der Waals surface area contributed by atoms with E-state index < -0.39 is 27.8 Å². The van der Waals surface area contributed by atoms with Crippen molar-refractivity contribution in [2.24, 2.45) is 0 Å². The van der Waals surface area contributed by atoms with E-state index in [9.17, 15) is 18.3 Å². The summed E-state index contributed by atoms with van der Waals surface area (Å²) in [5.41, 5.74) is 1.94. The third-order valence-corrected chi connectivity index (χ3v) is 8.07. The Labute approximate surface area is 229 Å². The van der Waals surface area contributed by atoms with Crippen molar-refractivity contribution in [2.75, 3.05) is 13.7 Å². The Bertz CT molecular complexity index is 1550. The third kappa shape index (κ3) is 6.50. The number of nitrogens with zero attached hydrogens (tertiary/aromatic N) is 2. The zero-order chi connectivity index (χ0) is 28.4. The standard InChI is InChI=1S/C30H34N2O6S/c1-21-10-16-24(17-11-21)39(35,36)31(18-22-12-14-23(37-5)15-13-22)20-28(33)26-19-32(29(34)38-30(2,3)4)27-9-7-6-8-25(26)27/h6-17,19,28,33H,18,20H2,1-5H3. The molecule has 0 fully saturated rings. The Morgan fingerprint density at radius 2 is 1.64 bits per heavy atom. The molecule has 1 atom stereocenters. The number of benzene rings is 3. The Balaban J connectivity index is 1.72. The minimum absolute atomic E-state index is 0.0297. The SMILES string of the molecule is COc1ccc(CN(CC(O)c2cn(C(=O)OC(C)(C)C)c3ccccc23)S(=O)(=O)c2ccc(C)cc2)cc1. The fraction of sp³-hybridized carbons (Fsp3) is 0.300. The first-order chi connectivity index (χ1) is 18.4. The van der Waals surface area contributed by atoms with Crippen LogP contribution in [0.3, 0.4) is 0 Å². The van der Waals surface area contributed by atoms with Crippen molar-refractivity contribution in [3.8, 4) is 5.75 Å². The molecule has 0 saturated heterocycles. The molecule has 0 spiro atoms. The van der Waals surface area contributed by atoms with Gasteiger partial charge in [-0.15, -0.1) is 0 Å². The minimum Gasteiger partial charge on any atom is -0.497 e. The number of para-hydroxylation sites is 1. The Hall–Kier alpha value is -3.66. The molecule has 0 saturated carbocycles. The topological polar surface area (TPSA) is 98.1 Å². The molecule has 8 nitrogen and oxygen atoms in total. The number of fused-ring (bicyclic) bond motifs is 1. The van der Waals surface area contributed by atoms with Gasteiger partial charge in [0.25, 0.3) is 0 Å². The highest BCUT2D eigenvalue weighted by Crippen LogP contribution is 2.30. The van der Waals surface area contributed by atoms with Gasteiger partial charge in [-0.1, -0.05) is 48.0 Å². The average molecular weight is 551 g/mol. The molecule has 1 N–H and O–H groups in total. The van der Waals surface area contributed by atoms with Crippen molar-refractivity contribution in [1.82, 2.24) is 8.87 Å². The van der Waals surface area contributed by atoms with Gasteiger partial charge < -0.3 is 14.6 Å². The minimum atomic E-state index is -3.98. The largest absolute Gasteiger partial charge is 0.497 e. The van der Waals surface area contributed by atoms with Crippen molar-refractivity contribution in [1.29, 1.82) is 0 Å². The molecule has 4 rings (SSSR count). The quantitative estimate of drug-likeness (QED) is 0.304. The summed E-state index contributed by atoms with van der Waals surface area (Å²) in [6.07, 6.45) is -0.287. The average Bonchev–Trinajstić information content (AvgIpc) is 3.28. The lowest BCUT2D eigenvalue weighted by molar-refractivity contribution is 0.0543. The number of ether oxygens (including phenoxy) is 2. The van der Waals surface area contributed by atoms with E-state index in [-0.39, 0.29) is 18.0 Å². The summed E-state index contributed by atoms with van der Waals surface area (Å²) in [6.45, 7) is 7.01. The fourth-order valence-corrected chi connectivity index (χ4v) is 5.70. The maximum Gasteiger partial charge on any atom is 0.419 e. The molecule has 0 radical (unpaired) electrons. The first kappa shape index (κ1) is 28.4. The van der Waals surface area contributed by atoms with Crippen molar-refractivity contribution in [3.63, 3.8) is 0 Å². The molecule has 3 aromatic carbocycles. The van der Waals surface area contributed by atoms with Crippen LogP contribution < -0.4 is 4.74 Å². The zero-order valence-electron chi connectivity index (χ0n) is 22.8. The summed E-state index contributed by atoms with van der Waals surface area (Å²) in [4.78, 5) is 13.1. The number of hydrogen-bond donors (Lipinski definition) is 1. The molecule has 4 aromatic rings. The first-order valence-electron chi connectivity index (χ1n) is 12.6. The Morgan fingerprint density at radius 3 is 2.26 bits per heavy atom. The van der Waals surface area contributed by atoms with E-state index in [4.69, 9.17) is 9.47 Å². The second-order valence-corrected chi connectivity index (χ2v) is 12.4. The van der Waals surface area contributed by atoms with Gasteiger partial charge in [0.1, 0.15) is 11.4 Å². The molecule has 0 aliphatic rings. The maximum absolute atomic E-state index is 13.8. The van der Waals surface area contributed by atoms with E-state index in [0.29, 0.717) is 22.2 Å². The van der Waals surface area contributed by atoms with Crippen LogP contribution in [0.25, 0.3) is 10.9 Å². The summed E-state index contributed by atoms with van der Waals surface area (Å²) < 4.78 is 40.9. The highest BCUT2D eigenvalue weighted by atomic mass is 32.2. The molecule has 1 heterocycles. The predicted octanol–water partition coefficient (Wildman–Crippen LogP) is 5.67. The van der Waals surface area contributed by atoms with Crippen molar-refractivity contribution >= 4 is 27.0 Å². The van der Waals surface area contributed by atoms with Gasteiger partial charge in [0.2, 0.25) is 10.0 Å². The number of aliphatic hydroxyl groups is 1. The molecule has 9 heteroatoms. The first-order valence-corrected chi connectivity index (χ1v) is 14.0. The molecule has 0 aliphatic carbocycles. The summed E-state index contributed by atoms with van der Waals surface area (Å²) in [7, 11) is -2.42. The van der Waals surface area contributed by atoms with Gasteiger partial charge in [0.15, 0.2) is 0 Å². The molecular weight excluding hydrogens is 516 g/mol. The lowest BCUT2D eigenvalue weighted by Gasteiger charge is -2.25. The second kappa shape index (κ2) is 11.2. The monoisotopic (exact) mass is 550 g/mol. The number of aromatic nitrogens is 1. The van der Waals surface area contributed by atoms with Gasteiger partial charge in [-0.2, -0.15) is 4.31 Å². The van der Waals surface area contributed by atoms with Crippen LogP contribution in [0.5, 0.6) is 5.75 Å². The number of carbonyl (C=O) groups excluding carboxylic acids is 1. The molecule has 1 aromatic heterocycles. The molecular formula is C30H34N2O6S. The molecule has 0 amide bonds. The van der Waals surface area contributed by atoms with Crippen LogP contribution in [0.15, 0.2) is 83.9 Å². The zero-order valence-corrected chi connectivity index (χ0v) is 23.6. The van der Waals surface area contributed by atoms with E-state index in [1.165, 1.54) is 15.1 Å². The van der Waals surface area contributed by atoms with Gasteiger partial charge in [0, 0.05) is 30.2 Å². The van der Waals surface area contributed by atoms with Crippen LogP contribution in [0, 0.1) is 6.92 Å². The van der Waals surface area contributed by atoms with Crippen LogP contribution in [-0.4, -0.2) is 47.7 Å². The molecule has 0 aliphatic heterocycles. The number of aliphatic hydroxyl groups excluding tert-OH is 1. The van der Waals surface area contributed by atoms with Crippen LogP contribution in [0.1, 0.15) is 43.6 Å². The van der Waals surface area contributed by atoms with Crippen molar-refractivity contribution in [3.05, 3.63) is 95.7 Å². The summed E-state index contributed by atoms with van der Waals surface area (Å²) in [5.74, 6) is 0.654. The van der Waals surface area contributed by atoms with Crippen LogP contribution in [0.2, 0.25) is 0 Å². The van der Waals surface area contributed by atoms with E-state index in [0.717, 1.165) is 11.1 Å². The number of carbonyl (C=O) groups is 1. The molecule has 1 unspecified atom stereocenters. The van der Waals surface area contributed by atoms with Crippen molar-refractivity contribution in [2.45, 2.75) is 50.8 Å². The van der Waals surface area contributed by atoms with E-state index in [1.807, 2.05) is 6.92 Å². The molecule has 0 bridgehead atoms. The normalized spacial score (nSPS) is 13.0. The van der Waals surface area contributed by atoms with Crippen LogP contribution in [-0.2, 0) is 21.3 Å². The van der Waals surface area contributed by atoms with Gasteiger partial charge in [0.05, 0.1) is 23.6 Å². The van der Waals surface area contributed by atoms with Crippen LogP contribution in [0.4, 0.5) is 4.79 Å². The molecule has 39 heavy (non-hydrogen) atoms. The summed E-state index contributed by atoms with van der Waals surface area (Å²) >= 11 is 0. The Morgan fingerprint density at radius 1 is 1.00 bits per heavy atom. The smallest absolute Gasteiger partial charge is 0.419 e. The Kier molecular flexibility index (Phi) is 8.15. The van der Waals surface area contributed by atoms with Gasteiger partial charge in [-0.05, 0) is 63.6 Å². The van der Waals surface area contributed by atoms with Crippen LogP contribution >= 0.6 is 0 Å². The van der Waals surface area contributed by atoms with E-state index >= 15 is 0 Å². The predicted molar refractivity (Wildman–Crippen MR) is 150 cm³/mol. The lowest BCUT2D eigenvalue weighted by Crippen LogP contribution is -2.34. The number of hydrogen-bond acceptors (Lipinski definition) is 6. The van der Waals surface area contributed by atoms with Gasteiger partial charge in [-0.3, -0.25) is 4.57 Å². The maximum atomic E-state index is 13.8. The molecule has 206 valence electrons. The highest BCUT2D eigenvalue weighted by molar-refractivity contribution is 7.89.